The Bertz CT molecular complexity index is 241. The maximum absolute atomic E-state index is 10.9. The Morgan fingerprint density at radius 2 is 1.50 bits per heavy atom. The van der Waals surface area contributed by atoms with E-state index < -0.39 is 12.0 Å². The highest BCUT2D eigenvalue weighted by atomic mass is 16.4. The van der Waals surface area contributed by atoms with E-state index in [0.29, 0.717) is 6.42 Å². The van der Waals surface area contributed by atoms with E-state index in [1.165, 1.54) is 39.0 Å². The van der Waals surface area contributed by atoms with Gasteiger partial charge in [0.05, 0.1) is 0 Å². The van der Waals surface area contributed by atoms with Crippen LogP contribution in [0.1, 0.15) is 71.6 Å². The summed E-state index contributed by atoms with van der Waals surface area (Å²) in [6, 6.07) is -0.720. The minimum Gasteiger partial charge on any atom is -0.480 e. The Hall–Kier alpha value is -1.06. The normalized spacial score (nSPS) is 12.1. The van der Waals surface area contributed by atoms with Crippen molar-refractivity contribution in [2.24, 2.45) is 0 Å². The topological polar surface area (TPSA) is 66.4 Å². The summed E-state index contributed by atoms with van der Waals surface area (Å²) in [5.41, 5.74) is 0. The maximum atomic E-state index is 10.9. The number of carboxylic acids is 1. The zero-order chi connectivity index (χ0) is 13.8. The number of carbonyl (C=O) groups is 2. The van der Waals surface area contributed by atoms with Crippen molar-refractivity contribution in [2.75, 3.05) is 0 Å². The summed E-state index contributed by atoms with van der Waals surface area (Å²) >= 11 is 0. The predicted octanol–water partition coefficient (Wildman–Crippen LogP) is 3.11. The van der Waals surface area contributed by atoms with Crippen LogP contribution in [0, 0.1) is 0 Å². The van der Waals surface area contributed by atoms with Crippen LogP contribution in [-0.2, 0) is 9.59 Å². The third-order valence-electron chi connectivity index (χ3n) is 3.02. The standard InChI is InChI=1S/C14H27NO3/c1-3-4-5-6-7-8-9-10-11-13(14(17)18)15-12(2)16/h13H,3-11H2,1-2H3,(H,15,16)(H,17,18)/t13-/m0/s1. The summed E-state index contributed by atoms with van der Waals surface area (Å²) in [6.45, 7) is 3.55. The molecule has 0 aromatic heterocycles. The molecular formula is C14H27NO3. The Balaban J connectivity index is 3.49. The second-order valence-electron chi connectivity index (χ2n) is 4.85. The van der Waals surface area contributed by atoms with Crippen molar-refractivity contribution in [1.29, 1.82) is 0 Å². The van der Waals surface area contributed by atoms with Crippen molar-refractivity contribution in [1.82, 2.24) is 5.32 Å². The zero-order valence-electron chi connectivity index (χ0n) is 11.7. The van der Waals surface area contributed by atoms with E-state index in [4.69, 9.17) is 5.11 Å². The van der Waals surface area contributed by atoms with Crippen LogP contribution < -0.4 is 5.32 Å². The molecule has 4 heteroatoms. The molecule has 0 aliphatic heterocycles. The first-order chi connectivity index (χ1) is 8.57. The Labute approximate surface area is 110 Å². The molecule has 0 fully saturated rings. The lowest BCUT2D eigenvalue weighted by Crippen LogP contribution is -2.39. The molecule has 1 atom stereocenters. The van der Waals surface area contributed by atoms with Crippen LogP contribution in [0.2, 0.25) is 0 Å². The first-order valence-electron chi connectivity index (χ1n) is 7.07. The van der Waals surface area contributed by atoms with Crippen molar-refractivity contribution in [3.05, 3.63) is 0 Å². The van der Waals surface area contributed by atoms with Gasteiger partial charge in [-0.2, -0.15) is 0 Å². The van der Waals surface area contributed by atoms with Crippen LogP contribution >= 0.6 is 0 Å². The molecule has 4 nitrogen and oxygen atoms in total. The van der Waals surface area contributed by atoms with Crippen LogP contribution in [0.25, 0.3) is 0 Å². The number of carboxylic acid groups (broad SMARTS) is 1. The van der Waals surface area contributed by atoms with Gasteiger partial charge >= 0.3 is 5.97 Å². The molecule has 0 spiro atoms. The molecule has 0 aromatic carbocycles. The van der Waals surface area contributed by atoms with Crippen LogP contribution in [-0.4, -0.2) is 23.0 Å². The van der Waals surface area contributed by atoms with E-state index >= 15 is 0 Å². The van der Waals surface area contributed by atoms with Crippen molar-refractivity contribution in [2.45, 2.75) is 77.7 Å². The molecular weight excluding hydrogens is 230 g/mol. The SMILES string of the molecule is CCCCCCCCCC[C@H](NC(C)=O)C(=O)O. The van der Waals surface area contributed by atoms with Crippen LogP contribution in [0.3, 0.4) is 0 Å². The summed E-state index contributed by atoms with van der Waals surface area (Å²) < 4.78 is 0. The van der Waals surface area contributed by atoms with Gasteiger partial charge in [0.2, 0.25) is 5.91 Å². The van der Waals surface area contributed by atoms with Gasteiger partial charge in [0.15, 0.2) is 0 Å². The Kier molecular flexibility index (Phi) is 10.4. The van der Waals surface area contributed by atoms with E-state index in [2.05, 4.69) is 12.2 Å². The van der Waals surface area contributed by atoms with Gasteiger partial charge in [-0.15, -0.1) is 0 Å². The number of amides is 1. The second-order valence-corrected chi connectivity index (χ2v) is 4.85. The maximum Gasteiger partial charge on any atom is 0.326 e. The molecule has 18 heavy (non-hydrogen) atoms. The first kappa shape index (κ1) is 16.9. The van der Waals surface area contributed by atoms with Gasteiger partial charge in [-0.25, -0.2) is 4.79 Å². The van der Waals surface area contributed by atoms with Gasteiger partial charge in [0.25, 0.3) is 0 Å². The van der Waals surface area contributed by atoms with Gasteiger partial charge < -0.3 is 10.4 Å². The molecule has 0 aromatic rings. The fourth-order valence-corrected chi connectivity index (χ4v) is 1.99. The molecule has 0 aliphatic rings. The third kappa shape index (κ3) is 10.1. The van der Waals surface area contributed by atoms with Gasteiger partial charge in [-0.1, -0.05) is 58.3 Å². The van der Waals surface area contributed by atoms with Crippen LogP contribution in [0.5, 0.6) is 0 Å². The number of unbranched alkanes of at least 4 members (excludes halogenated alkanes) is 7. The van der Waals surface area contributed by atoms with E-state index in [9.17, 15) is 9.59 Å². The van der Waals surface area contributed by atoms with Crippen molar-refractivity contribution >= 4 is 11.9 Å². The highest BCUT2D eigenvalue weighted by Crippen LogP contribution is 2.10. The van der Waals surface area contributed by atoms with Crippen molar-refractivity contribution in [3.8, 4) is 0 Å². The van der Waals surface area contributed by atoms with E-state index in [-0.39, 0.29) is 5.91 Å². The lowest BCUT2D eigenvalue weighted by molar-refractivity contribution is -0.141. The van der Waals surface area contributed by atoms with Crippen LogP contribution in [0.15, 0.2) is 0 Å². The van der Waals surface area contributed by atoms with Gasteiger partial charge in [0, 0.05) is 6.92 Å². The lowest BCUT2D eigenvalue weighted by atomic mass is 10.0. The molecule has 0 bridgehead atoms. The molecule has 0 unspecified atom stereocenters. The minimum absolute atomic E-state index is 0.276. The van der Waals surface area contributed by atoms with Gasteiger partial charge in [-0.3, -0.25) is 4.79 Å². The summed E-state index contributed by atoms with van der Waals surface area (Å²) in [7, 11) is 0. The summed E-state index contributed by atoms with van der Waals surface area (Å²) in [4.78, 5) is 21.7. The molecule has 0 saturated heterocycles. The molecule has 1 amide bonds. The highest BCUT2D eigenvalue weighted by Gasteiger charge is 2.17. The molecule has 2 N–H and O–H groups in total. The summed E-state index contributed by atoms with van der Waals surface area (Å²) in [5.74, 6) is -1.21. The smallest absolute Gasteiger partial charge is 0.326 e. The van der Waals surface area contributed by atoms with Crippen molar-refractivity contribution in [3.63, 3.8) is 0 Å². The molecule has 0 aliphatic carbocycles. The largest absolute Gasteiger partial charge is 0.480 e. The average molecular weight is 257 g/mol. The lowest BCUT2D eigenvalue weighted by Gasteiger charge is -2.12. The number of rotatable bonds is 11. The number of hydrogen-bond acceptors (Lipinski definition) is 2. The minimum atomic E-state index is -0.937. The van der Waals surface area contributed by atoms with Crippen LogP contribution in [0.4, 0.5) is 0 Å². The van der Waals surface area contributed by atoms with Gasteiger partial charge in [0.1, 0.15) is 6.04 Å². The monoisotopic (exact) mass is 257 g/mol. The number of nitrogens with one attached hydrogen (secondary N) is 1. The molecule has 106 valence electrons. The Morgan fingerprint density at radius 3 is 1.94 bits per heavy atom. The molecule has 0 radical (unpaired) electrons. The fraction of sp³-hybridized carbons (Fsp3) is 0.857. The summed E-state index contributed by atoms with van der Waals surface area (Å²) in [6.07, 6.45) is 10.0. The van der Waals surface area contributed by atoms with Gasteiger partial charge in [-0.05, 0) is 6.42 Å². The Morgan fingerprint density at radius 1 is 1.00 bits per heavy atom. The zero-order valence-corrected chi connectivity index (χ0v) is 11.7. The average Bonchev–Trinajstić information content (AvgIpc) is 2.30. The van der Waals surface area contributed by atoms with E-state index in [1.54, 1.807) is 0 Å². The molecule has 0 saturated carbocycles. The first-order valence-corrected chi connectivity index (χ1v) is 7.07. The fourth-order valence-electron chi connectivity index (χ4n) is 1.99. The predicted molar refractivity (Wildman–Crippen MR) is 72.5 cm³/mol. The van der Waals surface area contributed by atoms with E-state index in [1.807, 2.05) is 0 Å². The number of hydrogen-bond donors (Lipinski definition) is 2. The molecule has 0 rings (SSSR count). The number of aliphatic carboxylic acids is 1. The highest BCUT2D eigenvalue weighted by molar-refractivity contribution is 5.81. The second kappa shape index (κ2) is 11.1. The van der Waals surface area contributed by atoms with E-state index in [0.717, 1.165) is 19.3 Å². The quantitative estimate of drug-likeness (QED) is 0.559. The summed E-state index contributed by atoms with van der Waals surface area (Å²) in [5, 5.41) is 11.4. The van der Waals surface area contributed by atoms with Crippen molar-refractivity contribution < 1.29 is 14.7 Å². The third-order valence-corrected chi connectivity index (χ3v) is 3.02. The number of carbonyl (C=O) groups excluding carboxylic acids is 1. The molecule has 0 heterocycles.